The molecule has 7 rings (SSSR count). The van der Waals surface area contributed by atoms with E-state index in [1.54, 1.807) is 6.92 Å². The predicted molar refractivity (Wildman–Crippen MR) is 151 cm³/mol. The van der Waals surface area contributed by atoms with Crippen molar-refractivity contribution in [3.63, 3.8) is 0 Å². The number of hydrogen-bond donors (Lipinski definition) is 1. The van der Waals surface area contributed by atoms with Crippen molar-refractivity contribution in [1.82, 2.24) is 5.32 Å². The lowest BCUT2D eigenvalue weighted by Gasteiger charge is -2.53. The van der Waals surface area contributed by atoms with Gasteiger partial charge in [0.15, 0.2) is 0 Å². The van der Waals surface area contributed by atoms with Crippen LogP contribution in [0.3, 0.4) is 0 Å². The Morgan fingerprint density at radius 3 is 2.28 bits per heavy atom. The van der Waals surface area contributed by atoms with Crippen LogP contribution in [-0.2, 0) is 14.3 Å². The molecular weight excluding hydrogens is 490 g/mol. The van der Waals surface area contributed by atoms with E-state index in [2.05, 4.69) is 34.5 Å². The standard InChI is InChI=1S/C32H39N3O4/c1-32(30(36)38-3,34-31(37)39-29-23-14-20-13-21(16-23)17-24(29)15-20)18-25-19-33-28(22-9-5-4-6-10-22)26-11-7-8-12-27(26)35(25)2/h4-12,20-21,23-25,29H,13-19H2,1-3H3,(H,34,37)/t20?,21?,23?,24?,25?,29?,32-/m0/s1. The number of ether oxygens (including phenoxy) is 2. The third-order valence-electron chi connectivity index (χ3n) is 9.64. The van der Waals surface area contributed by atoms with Gasteiger partial charge in [0.1, 0.15) is 11.6 Å². The van der Waals surface area contributed by atoms with Gasteiger partial charge < -0.3 is 19.7 Å². The van der Waals surface area contributed by atoms with Crippen molar-refractivity contribution in [2.24, 2.45) is 28.7 Å². The minimum atomic E-state index is -1.27. The van der Waals surface area contributed by atoms with Crippen LogP contribution in [-0.4, -0.2) is 56.2 Å². The van der Waals surface area contributed by atoms with E-state index in [-0.39, 0.29) is 12.1 Å². The van der Waals surface area contributed by atoms with Crippen LogP contribution >= 0.6 is 0 Å². The molecule has 1 amide bonds. The van der Waals surface area contributed by atoms with Crippen LogP contribution in [0.15, 0.2) is 59.6 Å². The Bertz CT molecular complexity index is 1230. The fraction of sp³-hybridized carbons (Fsp3) is 0.531. The molecule has 1 unspecified atom stereocenters. The average molecular weight is 530 g/mol. The number of anilines is 1. The third-order valence-corrected chi connectivity index (χ3v) is 9.64. The van der Waals surface area contributed by atoms with Crippen LogP contribution in [0.25, 0.3) is 0 Å². The second kappa shape index (κ2) is 10.3. The number of alkyl carbamates (subject to hydrolysis) is 1. The van der Waals surface area contributed by atoms with Gasteiger partial charge in [-0.1, -0.05) is 48.5 Å². The Balaban J connectivity index is 1.22. The second-order valence-electron chi connectivity index (χ2n) is 12.3. The van der Waals surface area contributed by atoms with Crippen LogP contribution in [0.2, 0.25) is 0 Å². The fourth-order valence-electron chi connectivity index (χ4n) is 7.95. The van der Waals surface area contributed by atoms with E-state index in [0.29, 0.717) is 24.8 Å². The average Bonchev–Trinajstić information content (AvgIpc) is 3.07. The number of benzene rings is 2. The molecule has 39 heavy (non-hydrogen) atoms. The molecule has 1 heterocycles. The molecule has 0 radical (unpaired) electrons. The van der Waals surface area contributed by atoms with Crippen LogP contribution in [0.4, 0.5) is 10.5 Å². The summed E-state index contributed by atoms with van der Waals surface area (Å²) in [6.07, 6.45) is 5.74. The SMILES string of the molecule is COC(=O)[C@](C)(CC1CN=C(c2ccccc2)c2ccccc2N1C)NC(=O)OC1C2CC3CC(C2)CC1C3. The van der Waals surface area contributed by atoms with E-state index in [9.17, 15) is 9.59 Å². The first-order chi connectivity index (χ1) is 18.8. The van der Waals surface area contributed by atoms with Crippen molar-refractivity contribution in [3.05, 3.63) is 65.7 Å². The molecule has 2 aromatic rings. The number of carbonyl (C=O) groups excluding carboxylic acids is 2. The molecule has 7 heteroatoms. The van der Waals surface area contributed by atoms with Crippen molar-refractivity contribution in [1.29, 1.82) is 0 Å². The molecule has 0 saturated heterocycles. The Labute approximate surface area is 231 Å². The topological polar surface area (TPSA) is 80.2 Å². The first-order valence-corrected chi connectivity index (χ1v) is 14.3. The number of likely N-dealkylation sites (N-methyl/N-ethyl adjacent to an activating group) is 1. The summed E-state index contributed by atoms with van der Waals surface area (Å²) in [6.45, 7) is 2.21. The number of methoxy groups -OCH3 is 1. The maximum absolute atomic E-state index is 13.3. The summed E-state index contributed by atoms with van der Waals surface area (Å²) >= 11 is 0. The van der Waals surface area contributed by atoms with Crippen molar-refractivity contribution >= 4 is 23.5 Å². The highest BCUT2D eigenvalue weighted by Gasteiger charge is 2.50. The monoisotopic (exact) mass is 529 g/mol. The lowest BCUT2D eigenvalue weighted by atomic mass is 9.55. The normalized spacial score (nSPS) is 30.4. The largest absolute Gasteiger partial charge is 0.467 e. The number of nitrogens with one attached hydrogen (secondary N) is 1. The quantitative estimate of drug-likeness (QED) is 0.520. The molecular formula is C32H39N3O4. The van der Waals surface area contributed by atoms with E-state index in [1.165, 1.54) is 13.5 Å². The number of fused-ring (bicyclic) bond motifs is 1. The molecule has 0 aromatic heterocycles. The van der Waals surface area contributed by atoms with Crippen molar-refractivity contribution < 1.29 is 19.1 Å². The molecule has 2 aromatic carbocycles. The molecule has 0 spiro atoms. The Morgan fingerprint density at radius 2 is 1.62 bits per heavy atom. The Hall–Kier alpha value is -3.35. The minimum absolute atomic E-state index is 0.0508. The highest BCUT2D eigenvalue weighted by molar-refractivity contribution is 6.16. The zero-order valence-corrected chi connectivity index (χ0v) is 23.1. The lowest BCUT2D eigenvalue weighted by molar-refractivity contribution is -0.148. The van der Waals surface area contributed by atoms with E-state index in [4.69, 9.17) is 14.5 Å². The van der Waals surface area contributed by atoms with E-state index in [1.807, 2.05) is 37.4 Å². The highest BCUT2D eigenvalue weighted by atomic mass is 16.6. The summed E-state index contributed by atoms with van der Waals surface area (Å²) in [7, 11) is 3.39. The zero-order valence-electron chi connectivity index (χ0n) is 23.1. The summed E-state index contributed by atoms with van der Waals surface area (Å²) in [4.78, 5) is 33.7. The van der Waals surface area contributed by atoms with Gasteiger partial charge in [-0.05, 0) is 68.8 Å². The maximum Gasteiger partial charge on any atom is 0.408 e. The molecule has 4 saturated carbocycles. The summed E-state index contributed by atoms with van der Waals surface area (Å²) in [5.41, 5.74) is 2.79. The van der Waals surface area contributed by atoms with Gasteiger partial charge in [-0.2, -0.15) is 0 Å². The molecule has 1 N–H and O–H groups in total. The number of rotatable bonds is 6. The molecule has 7 nitrogen and oxygen atoms in total. The predicted octanol–water partition coefficient (Wildman–Crippen LogP) is 5.22. The molecule has 4 fully saturated rings. The third kappa shape index (κ3) is 4.92. The maximum atomic E-state index is 13.3. The van der Waals surface area contributed by atoms with Gasteiger partial charge >= 0.3 is 12.1 Å². The molecule has 4 aliphatic carbocycles. The number of aliphatic imine (C=N–C) groups is 1. The van der Waals surface area contributed by atoms with Crippen LogP contribution < -0.4 is 10.2 Å². The van der Waals surface area contributed by atoms with Gasteiger partial charge in [-0.25, -0.2) is 9.59 Å². The molecule has 5 aliphatic rings. The van der Waals surface area contributed by atoms with Gasteiger partial charge in [0.2, 0.25) is 0 Å². The van der Waals surface area contributed by atoms with Gasteiger partial charge in [0, 0.05) is 30.3 Å². The number of carbonyl (C=O) groups is 2. The van der Waals surface area contributed by atoms with Gasteiger partial charge in [0.05, 0.1) is 25.4 Å². The molecule has 206 valence electrons. The van der Waals surface area contributed by atoms with E-state index < -0.39 is 17.6 Å². The van der Waals surface area contributed by atoms with Crippen LogP contribution in [0, 0.1) is 23.7 Å². The summed E-state index contributed by atoms with van der Waals surface area (Å²) in [6, 6.07) is 18.2. The zero-order chi connectivity index (χ0) is 27.1. The number of para-hydroxylation sites is 1. The van der Waals surface area contributed by atoms with Crippen molar-refractivity contribution in [2.45, 2.75) is 63.1 Å². The smallest absolute Gasteiger partial charge is 0.408 e. The van der Waals surface area contributed by atoms with Gasteiger partial charge in [0.25, 0.3) is 0 Å². The van der Waals surface area contributed by atoms with Crippen molar-refractivity contribution in [3.8, 4) is 0 Å². The van der Waals surface area contributed by atoms with Crippen molar-refractivity contribution in [2.75, 3.05) is 25.6 Å². The summed E-state index contributed by atoms with van der Waals surface area (Å²) in [5.74, 6) is 2.01. The molecule has 4 bridgehead atoms. The number of nitrogens with zero attached hydrogens (tertiary/aromatic N) is 2. The molecule has 2 atom stereocenters. The minimum Gasteiger partial charge on any atom is -0.467 e. The second-order valence-corrected chi connectivity index (χ2v) is 12.3. The number of esters is 1. The Morgan fingerprint density at radius 1 is 0.974 bits per heavy atom. The summed E-state index contributed by atoms with van der Waals surface area (Å²) < 4.78 is 11.3. The van der Waals surface area contributed by atoms with Crippen LogP contribution in [0.1, 0.15) is 56.6 Å². The number of hydrogen-bond acceptors (Lipinski definition) is 6. The number of amides is 1. The lowest BCUT2D eigenvalue weighted by Crippen LogP contribution is -2.58. The highest BCUT2D eigenvalue weighted by Crippen LogP contribution is 2.54. The fourth-order valence-corrected chi connectivity index (χ4v) is 7.95. The van der Waals surface area contributed by atoms with E-state index in [0.717, 1.165) is 60.0 Å². The summed E-state index contributed by atoms with van der Waals surface area (Å²) in [5, 5.41) is 2.95. The first-order valence-electron chi connectivity index (χ1n) is 14.3. The Kier molecular flexibility index (Phi) is 6.86. The number of benzodiazepines with no additional fused rings is 1. The molecule has 1 aliphatic heterocycles. The van der Waals surface area contributed by atoms with Gasteiger partial charge in [-0.3, -0.25) is 4.99 Å². The van der Waals surface area contributed by atoms with Crippen LogP contribution in [0.5, 0.6) is 0 Å². The van der Waals surface area contributed by atoms with Gasteiger partial charge in [-0.15, -0.1) is 0 Å². The first kappa shape index (κ1) is 25.9. The van der Waals surface area contributed by atoms with E-state index >= 15 is 0 Å².